The van der Waals surface area contributed by atoms with Crippen molar-refractivity contribution in [3.63, 3.8) is 0 Å². The van der Waals surface area contributed by atoms with Crippen LogP contribution in [0.25, 0.3) is 0 Å². The molecule has 4 heteroatoms. The van der Waals surface area contributed by atoms with Crippen LogP contribution in [-0.4, -0.2) is 24.1 Å². The van der Waals surface area contributed by atoms with E-state index in [-0.39, 0.29) is 31.0 Å². The van der Waals surface area contributed by atoms with E-state index in [2.05, 4.69) is 11.8 Å². The summed E-state index contributed by atoms with van der Waals surface area (Å²) >= 11 is 0. The van der Waals surface area contributed by atoms with Crippen molar-refractivity contribution in [2.75, 3.05) is 13.1 Å². The molecule has 0 bridgehead atoms. The Morgan fingerprint density at radius 2 is 2.00 bits per heavy atom. The summed E-state index contributed by atoms with van der Waals surface area (Å²) in [6.45, 7) is 6.80. The summed E-state index contributed by atoms with van der Waals surface area (Å²) in [5.74, 6) is 4.27. The van der Waals surface area contributed by atoms with Crippen molar-refractivity contribution in [2.24, 2.45) is 0 Å². The number of hydroxylamine groups is 2. The predicted octanol–water partition coefficient (Wildman–Crippen LogP) is -2.07. The summed E-state index contributed by atoms with van der Waals surface area (Å²) in [7, 11) is 0. The summed E-state index contributed by atoms with van der Waals surface area (Å²) < 4.78 is 0. The monoisotopic (exact) mass is 179 g/mol. The second kappa shape index (κ2) is 9.08. The first-order valence-corrected chi connectivity index (χ1v) is 3.64. The zero-order valence-electron chi connectivity index (χ0n) is 9.18. The molecule has 0 aliphatic rings. The van der Waals surface area contributed by atoms with Crippen LogP contribution in [0, 0.1) is 11.8 Å². The molecule has 0 N–H and O–H groups in total. The molecular formula is C8H14NNaO2. The number of rotatable bonds is 3. The zero-order chi connectivity index (χ0) is 8.69. The van der Waals surface area contributed by atoms with Gasteiger partial charge in [-0.05, 0) is 20.8 Å². The third-order valence-corrected chi connectivity index (χ3v) is 1.14. The molecule has 0 atom stereocenters. The van der Waals surface area contributed by atoms with Crippen molar-refractivity contribution in [1.29, 1.82) is 0 Å². The van der Waals surface area contributed by atoms with Gasteiger partial charge in [-0.2, -0.15) is 0 Å². The maximum Gasteiger partial charge on any atom is 1.00 e. The van der Waals surface area contributed by atoms with E-state index in [0.29, 0.717) is 13.1 Å². The van der Waals surface area contributed by atoms with Crippen molar-refractivity contribution < 1.29 is 40.6 Å². The molecule has 0 saturated heterocycles. The Balaban J connectivity index is -0.000000500. The first kappa shape index (κ1) is 14.5. The summed E-state index contributed by atoms with van der Waals surface area (Å²) in [5.41, 5.74) is 0. The quantitative estimate of drug-likeness (QED) is 0.283. The Bertz CT molecular complexity index is 184. The van der Waals surface area contributed by atoms with Crippen LogP contribution in [0.1, 0.15) is 22.2 Å². The number of carbonyl (C=O) groups is 1. The van der Waals surface area contributed by atoms with Crippen molar-refractivity contribution in [3.8, 4) is 11.8 Å². The van der Waals surface area contributed by atoms with Gasteiger partial charge in [0.15, 0.2) is 0 Å². The van der Waals surface area contributed by atoms with E-state index in [1.54, 1.807) is 12.0 Å². The standard InChI is InChI=1S/C8H13NO2.Na.H/c1-4-7-8(10)11-9(5-2)6-3;;/h5-6H2,1-3H3;;/q;+1;-1. The van der Waals surface area contributed by atoms with Gasteiger partial charge >= 0.3 is 35.5 Å². The third kappa shape index (κ3) is 6.68. The van der Waals surface area contributed by atoms with Gasteiger partial charge in [-0.3, -0.25) is 0 Å². The van der Waals surface area contributed by atoms with Gasteiger partial charge in [-0.1, -0.05) is 5.92 Å². The van der Waals surface area contributed by atoms with Crippen LogP contribution in [0.15, 0.2) is 0 Å². The van der Waals surface area contributed by atoms with Gasteiger partial charge < -0.3 is 6.26 Å². The molecule has 0 fully saturated rings. The molecule has 0 spiro atoms. The molecule has 0 saturated carbocycles. The average molecular weight is 179 g/mol. The Labute approximate surface area is 97.2 Å². The Kier molecular flexibility index (Phi) is 11.0. The van der Waals surface area contributed by atoms with Crippen LogP contribution in [0.4, 0.5) is 0 Å². The van der Waals surface area contributed by atoms with Crippen molar-refractivity contribution in [2.45, 2.75) is 20.8 Å². The molecule has 0 aliphatic carbocycles. The second-order valence-corrected chi connectivity index (χ2v) is 1.87. The smallest absolute Gasteiger partial charge is 1.00 e. The summed E-state index contributed by atoms with van der Waals surface area (Å²) in [6.07, 6.45) is 0. The minimum Gasteiger partial charge on any atom is -1.00 e. The van der Waals surface area contributed by atoms with E-state index < -0.39 is 5.97 Å². The van der Waals surface area contributed by atoms with Gasteiger partial charge in [-0.15, -0.1) is 5.06 Å². The van der Waals surface area contributed by atoms with Crippen LogP contribution in [0.3, 0.4) is 0 Å². The fourth-order valence-electron chi connectivity index (χ4n) is 0.595. The van der Waals surface area contributed by atoms with Gasteiger partial charge in [0.25, 0.3) is 0 Å². The fourth-order valence-corrected chi connectivity index (χ4v) is 0.595. The average Bonchev–Trinajstić information content (AvgIpc) is 2.01. The SMILES string of the molecule is CC#CC(=O)ON(CC)CC.[H-].[Na+]. The number of hydrogen-bond acceptors (Lipinski definition) is 3. The summed E-state index contributed by atoms with van der Waals surface area (Å²) in [6, 6.07) is 0. The molecule has 0 radical (unpaired) electrons. The van der Waals surface area contributed by atoms with Gasteiger partial charge in [0, 0.05) is 19.0 Å². The molecule has 0 aromatic heterocycles. The molecule has 12 heavy (non-hydrogen) atoms. The van der Waals surface area contributed by atoms with E-state index in [0.717, 1.165) is 0 Å². The molecule has 64 valence electrons. The molecule has 0 aliphatic heterocycles. The Hall–Kier alpha value is -0.0100. The number of nitrogens with zero attached hydrogens (tertiary/aromatic N) is 1. The molecule has 0 unspecified atom stereocenters. The van der Waals surface area contributed by atoms with Crippen molar-refractivity contribution >= 4 is 5.97 Å². The Morgan fingerprint density at radius 3 is 2.33 bits per heavy atom. The first-order valence-electron chi connectivity index (χ1n) is 3.64. The maximum atomic E-state index is 10.7. The zero-order valence-corrected chi connectivity index (χ0v) is 10.2. The van der Waals surface area contributed by atoms with E-state index in [1.807, 2.05) is 13.8 Å². The van der Waals surface area contributed by atoms with E-state index in [9.17, 15) is 4.79 Å². The molecule has 3 nitrogen and oxygen atoms in total. The van der Waals surface area contributed by atoms with Gasteiger partial charge in [-0.25, -0.2) is 4.79 Å². The Morgan fingerprint density at radius 1 is 1.50 bits per heavy atom. The largest absolute Gasteiger partial charge is 1.00 e. The van der Waals surface area contributed by atoms with Crippen LogP contribution in [0.5, 0.6) is 0 Å². The fraction of sp³-hybridized carbons (Fsp3) is 0.625. The summed E-state index contributed by atoms with van der Waals surface area (Å²) in [4.78, 5) is 15.5. The van der Waals surface area contributed by atoms with Crippen molar-refractivity contribution in [3.05, 3.63) is 0 Å². The van der Waals surface area contributed by atoms with E-state index in [1.165, 1.54) is 0 Å². The summed E-state index contributed by atoms with van der Waals surface area (Å²) in [5, 5.41) is 1.55. The minimum atomic E-state index is -0.490. The van der Waals surface area contributed by atoms with E-state index >= 15 is 0 Å². The normalized spacial score (nSPS) is 8.00. The molecule has 0 aromatic rings. The van der Waals surface area contributed by atoms with Crippen LogP contribution in [-0.2, 0) is 9.63 Å². The predicted molar refractivity (Wildman–Crippen MR) is 43.6 cm³/mol. The van der Waals surface area contributed by atoms with Crippen molar-refractivity contribution in [1.82, 2.24) is 5.06 Å². The molecule has 0 heterocycles. The van der Waals surface area contributed by atoms with Crippen LogP contribution in [0.2, 0.25) is 0 Å². The third-order valence-electron chi connectivity index (χ3n) is 1.14. The van der Waals surface area contributed by atoms with Crippen LogP contribution >= 0.6 is 0 Å². The van der Waals surface area contributed by atoms with Gasteiger partial charge in [0.05, 0.1) is 0 Å². The molecule has 0 rings (SSSR count). The number of hydrogen-bond donors (Lipinski definition) is 0. The molecule has 0 aromatic carbocycles. The molecular weight excluding hydrogens is 165 g/mol. The van der Waals surface area contributed by atoms with E-state index in [4.69, 9.17) is 4.84 Å². The second-order valence-electron chi connectivity index (χ2n) is 1.87. The molecule has 0 amide bonds. The number of carbonyl (C=O) groups excluding carboxylic acids is 1. The van der Waals surface area contributed by atoms with Gasteiger partial charge in [0.1, 0.15) is 0 Å². The first-order chi connectivity index (χ1) is 5.24. The van der Waals surface area contributed by atoms with Crippen LogP contribution < -0.4 is 29.6 Å². The topological polar surface area (TPSA) is 29.5 Å². The maximum absolute atomic E-state index is 10.7. The minimum absolute atomic E-state index is 0. The van der Waals surface area contributed by atoms with Gasteiger partial charge in [0.2, 0.25) is 0 Å².